The lowest BCUT2D eigenvalue weighted by Gasteiger charge is -2.12. The second-order valence-corrected chi connectivity index (χ2v) is 8.05. The number of thioether (sulfide) groups is 1. The number of ether oxygens (including phenoxy) is 2. The average molecular weight is 526 g/mol. The SMILES string of the molecule is COc1cc(/C=C2/SC(=O)N(Cc3ccccc3[N+](=O)[O-])C2=O)cc(I)c1OC. The van der Waals surface area contributed by atoms with Crippen LogP contribution in [0.25, 0.3) is 6.08 Å². The van der Waals surface area contributed by atoms with Gasteiger partial charge >= 0.3 is 0 Å². The van der Waals surface area contributed by atoms with E-state index in [-0.39, 0.29) is 17.1 Å². The van der Waals surface area contributed by atoms with Gasteiger partial charge in [-0.15, -0.1) is 0 Å². The van der Waals surface area contributed by atoms with E-state index in [0.29, 0.717) is 22.6 Å². The van der Waals surface area contributed by atoms with Crippen LogP contribution in [0.5, 0.6) is 11.5 Å². The second kappa shape index (κ2) is 8.82. The molecule has 0 spiro atoms. The van der Waals surface area contributed by atoms with Gasteiger partial charge in [0.2, 0.25) is 0 Å². The van der Waals surface area contributed by atoms with Gasteiger partial charge in [-0.25, -0.2) is 0 Å². The number of imide groups is 1. The largest absolute Gasteiger partial charge is 0.493 e. The van der Waals surface area contributed by atoms with Crippen molar-refractivity contribution in [2.24, 2.45) is 0 Å². The first-order chi connectivity index (χ1) is 13.8. The van der Waals surface area contributed by atoms with Crippen molar-refractivity contribution in [2.45, 2.75) is 6.54 Å². The molecule has 2 amide bonds. The molecular formula is C19H15IN2O6S. The van der Waals surface area contributed by atoms with Crippen LogP contribution < -0.4 is 9.47 Å². The molecule has 2 aromatic rings. The predicted octanol–water partition coefficient (Wildman–Crippen LogP) is 4.45. The van der Waals surface area contributed by atoms with Gasteiger partial charge in [0.1, 0.15) is 0 Å². The molecule has 1 heterocycles. The number of methoxy groups -OCH3 is 2. The van der Waals surface area contributed by atoms with Crippen LogP contribution in [0.2, 0.25) is 0 Å². The minimum absolute atomic E-state index is 0.134. The van der Waals surface area contributed by atoms with E-state index in [0.717, 1.165) is 20.2 Å². The van der Waals surface area contributed by atoms with Gasteiger partial charge in [-0.05, 0) is 58.1 Å². The van der Waals surface area contributed by atoms with Gasteiger partial charge < -0.3 is 9.47 Å². The summed E-state index contributed by atoms with van der Waals surface area (Å²) in [6.07, 6.45) is 1.59. The number of amides is 2. The maximum absolute atomic E-state index is 12.8. The van der Waals surface area contributed by atoms with Gasteiger partial charge in [-0.2, -0.15) is 0 Å². The van der Waals surface area contributed by atoms with Crippen LogP contribution in [0.1, 0.15) is 11.1 Å². The molecule has 0 radical (unpaired) electrons. The summed E-state index contributed by atoms with van der Waals surface area (Å²) < 4.78 is 11.4. The smallest absolute Gasteiger partial charge is 0.293 e. The van der Waals surface area contributed by atoms with Gasteiger partial charge in [0, 0.05) is 11.6 Å². The normalized spacial score (nSPS) is 15.1. The van der Waals surface area contributed by atoms with Crippen LogP contribution in [0.3, 0.4) is 0 Å². The third kappa shape index (κ3) is 4.37. The Morgan fingerprint density at radius 1 is 1.21 bits per heavy atom. The Bertz CT molecular complexity index is 1040. The molecule has 10 heteroatoms. The maximum atomic E-state index is 12.8. The molecule has 150 valence electrons. The van der Waals surface area contributed by atoms with E-state index in [2.05, 4.69) is 22.6 Å². The summed E-state index contributed by atoms with van der Waals surface area (Å²) in [5.41, 5.74) is 0.829. The summed E-state index contributed by atoms with van der Waals surface area (Å²) in [6.45, 7) is -0.164. The zero-order valence-corrected chi connectivity index (χ0v) is 18.4. The van der Waals surface area contributed by atoms with Crippen LogP contribution in [0, 0.1) is 13.7 Å². The van der Waals surface area contributed by atoms with Crippen molar-refractivity contribution in [2.75, 3.05) is 14.2 Å². The van der Waals surface area contributed by atoms with Crippen molar-refractivity contribution in [1.29, 1.82) is 0 Å². The van der Waals surface area contributed by atoms with Crippen molar-refractivity contribution < 1.29 is 24.0 Å². The van der Waals surface area contributed by atoms with E-state index in [1.165, 1.54) is 32.4 Å². The van der Waals surface area contributed by atoms with Crippen molar-refractivity contribution in [3.8, 4) is 11.5 Å². The minimum Gasteiger partial charge on any atom is -0.493 e. The lowest BCUT2D eigenvalue weighted by molar-refractivity contribution is -0.385. The molecule has 0 bridgehead atoms. The van der Waals surface area contributed by atoms with Crippen LogP contribution in [-0.4, -0.2) is 35.2 Å². The molecule has 3 rings (SSSR count). The molecule has 0 unspecified atom stereocenters. The number of nitrogens with zero attached hydrogens (tertiary/aromatic N) is 2. The van der Waals surface area contributed by atoms with E-state index >= 15 is 0 Å². The second-order valence-electron chi connectivity index (χ2n) is 5.89. The highest BCUT2D eigenvalue weighted by Gasteiger charge is 2.36. The first-order valence-electron chi connectivity index (χ1n) is 8.25. The van der Waals surface area contributed by atoms with E-state index in [4.69, 9.17) is 9.47 Å². The molecule has 1 fully saturated rings. The van der Waals surface area contributed by atoms with E-state index in [1.807, 2.05) is 0 Å². The summed E-state index contributed by atoms with van der Waals surface area (Å²) in [6, 6.07) is 9.55. The Morgan fingerprint density at radius 3 is 2.59 bits per heavy atom. The molecule has 8 nitrogen and oxygen atoms in total. The zero-order chi connectivity index (χ0) is 21.1. The molecule has 0 N–H and O–H groups in total. The van der Waals surface area contributed by atoms with Crippen molar-refractivity contribution in [1.82, 2.24) is 4.90 Å². The molecular weight excluding hydrogens is 511 g/mol. The van der Waals surface area contributed by atoms with Crippen LogP contribution in [-0.2, 0) is 11.3 Å². The first-order valence-corrected chi connectivity index (χ1v) is 10.1. The number of para-hydroxylation sites is 1. The van der Waals surface area contributed by atoms with Gasteiger partial charge in [0.15, 0.2) is 11.5 Å². The number of halogens is 1. The quantitative estimate of drug-likeness (QED) is 0.237. The number of hydrogen-bond donors (Lipinski definition) is 0. The summed E-state index contributed by atoms with van der Waals surface area (Å²) in [7, 11) is 3.05. The van der Waals surface area contributed by atoms with Crippen LogP contribution >= 0.6 is 34.4 Å². The number of hydrogen-bond acceptors (Lipinski definition) is 7. The summed E-state index contributed by atoms with van der Waals surface area (Å²) in [5, 5.41) is 10.7. The number of carbonyl (C=O) groups is 2. The zero-order valence-electron chi connectivity index (χ0n) is 15.4. The van der Waals surface area contributed by atoms with Gasteiger partial charge in [0.25, 0.3) is 16.8 Å². The summed E-state index contributed by atoms with van der Waals surface area (Å²) in [4.78, 5) is 37.0. The average Bonchev–Trinajstić information content (AvgIpc) is 2.95. The Kier molecular flexibility index (Phi) is 6.42. The Hall–Kier alpha value is -2.60. The van der Waals surface area contributed by atoms with E-state index in [9.17, 15) is 19.7 Å². The van der Waals surface area contributed by atoms with Crippen molar-refractivity contribution >= 4 is 57.3 Å². The molecule has 1 aliphatic rings. The number of nitro groups is 1. The molecule has 2 aromatic carbocycles. The Morgan fingerprint density at radius 2 is 1.93 bits per heavy atom. The monoisotopic (exact) mass is 526 g/mol. The first kappa shape index (κ1) is 21.1. The Labute approximate surface area is 184 Å². The third-order valence-corrected chi connectivity index (χ3v) is 5.85. The molecule has 1 saturated heterocycles. The van der Waals surface area contributed by atoms with E-state index < -0.39 is 16.1 Å². The van der Waals surface area contributed by atoms with Crippen molar-refractivity contribution in [3.05, 3.63) is 66.1 Å². The van der Waals surface area contributed by atoms with Gasteiger partial charge in [-0.1, -0.05) is 18.2 Å². The summed E-state index contributed by atoms with van der Waals surface area (Å²) >= 11 is 2.89. The van der Waals surface area contributed by atoms with Crippen LogP contribution in [0.4, 0.5) is 10.5 Å². The van der Waals surface area contributed by atoms with Gasteiger partial charge in [-0.3, -0.25) is 24.6 Å². The predicted molar refractivity (Wildman–Crippen MR) is 117 cm³/mol. The molecule has 0 aliphatic carbocycles. The lowest BCUT2D eigenvalue weighted by Crippen LogP contribution is -2.27. The fourth-order valence-electron chi connectivity index (χ4n) is 2.80. The fraction of sp³-hybridized carbons (Fsp3) is 0.158. The summed E-state index contributed by atoms with van der Waals surface area (Å²) in [5.74, 6) is 0.586. The fourth-order valence-corrected chi connectivity index (χ4v) is 4.49. The third-order valence-electron chi connectivity index (χ3n) is 4.14. The lowest BCUT2D eigenvalue weighted by atomic mass is 10.1. The number of benzene rings is 2. The standard InChI is InChI=1S/C19H15IN2O6S/c1-27-15-8-11(7-13(20)17(15)28-2)9-16-18(23)21(19(24)29-16)10-12-5-3-4-6-14(12)22(25)26/h3-9H,10H2,1-2H3/b16-9+. The molecule has 0 saturated carbocycles. The topological polar surface area (TPSA) is 99.0 Å². The highest BCUT2D eigenvalue weighted by atomic mass is 127. The number of rotatable bonds is 6. The van der Waals surface area contributed by atoms with E-state index in [1.54, 1.807) is 24.3 Å². The molecule has 1 aliphatic heterocycles. The molecule has 0 atom stereocenters. The number of carbonyl (C=O) groups excluding carboxylic acids is 2. The minimum atomic E-state index is -0.532. The maximum Gasteiger partial charge on any atom is 0.293 e. The highest BCUT2D eigenvalue weighted by molar-refractivity contribution is 14.1. The van der Waals surface area contributed by atoms with Gasteiger partial charge in [0.05, 0.1) is 34.2 Å². The van der Waals surface area contributed by atoms with Crippen molar-refractivity contribution in [3.63, 3.8) is 0 Å². The molecule has 0 aromatic heterocycles. The number of nitro benzene ring substituents is 1. The Balaban J connectivity index is 1.90. The molecule has 29 heavy (non-hydrogen) atoms. The highest BCUT2D eigenvalue weighted by Crippen LogP contribution is 2.37. The van der Waals surface area contributed by atoms with Crippen LogP contribution in [0.15, 0.2) is 41.3 Å².